The van der Waals surface area contributed by atoms with Gasteiger partial charge >= 0.3 is 5.97 Å². The number of H-pyrrole nitrogens is 1. The van der Waals surface area contributed by atoms with Crippen molar-refractivity contribution in [3.05, 3.63) is 29.8 Å². The van der Waals surface area contributed by atoms with Crippen molar-refractivity contribution in [1.82, 2.24) is 9.97 Å². The number of hydrogen-bond acceptors (Lipinski definition) is 4. The SMILES string of the molecule is COC(=O)c1nc(-c2ccco2)[nH]c1C. The van der Waals surface area contributed by atoms with Crippen LogP contribution >= 0.6 is 0 Å². The number of rotatable bonds is 2. The van der Waals surface area contributed by atoms with E-state index in [0.717, 1.165) is 0 Å². The Bertz CT molecular complexity index is 471. The molecule has 0 radical (unpaired) electrons. The second-order valence-electron chi connectivity index (χ2n) is 3.03. The van der Waals surface area contributed by atoms with Crippen LogP contribution in [0.25, 0.3) is 11.6 Å². The van der Waals surface area contributed by atoms with E-state index < -0.39 is 5.97 Å². The fraction of sp³-hybridized carbons (Fsp3) is 0.200. The summed E-state index contributed by atoms with van der Waals surface area (Å²) in [4.78, 5) is 18.3. The number of hydrogen-bond donors (Lipinski definition) is 1. The van der Waals surface area contributed by atoms with Crippen molar-refractivity contribution < 1.29 is 13.9 Å². The highest BCUT2D eigenvalue weighted by Gasteiger charge is 2.16. The molecule has 2 aromatic heterocycles. The zero-order valence-electron chi connectivity index (χ0n) is 8.40. The van der Waals surface area contributed by atoms with Crippen molar-refractivity contribution in [2.45, 2.75) is 6.92 Å². The van der Waals surface area contributed by atoms with Gasteiger partial charge in [-0.25, -0.2) is 9.78 Å². The Morgan fingerprint density at radius 2 is 2.40 bits per heavy atom. The van der Waals surface area contributed by atoms with E-state index in [9.17, 15) is 4.79 Å². The first kappa shape index (κ1) is 9.51. The minimum atomic E-state index is -0.457. The molecule has 0 aliphatic heterocycles. The van der Waals surface area contributed by atoms with Crippen LogP contribution in [0.1, 0.15) is 16.2 Å². The smallest absolute Gasteiger partial charge is 0.358 e. The number of nitrogens with zero attached hydrogens (tertiary/aromatic N) is 1. The number of nitrogens with one attached hydrogen (secondary N) is 1. The molecular weight excluding hydrogens is 196 g/mol. The molecule has 2 heterocycles. The van der Waals surface area contributed by atoms with Crippen LogP contribution in [-0.4, -0.2) is 23.0 Å². The van der Waals surface area contributed by atoms with Gasteiger partial charge in [-0.1, -0.05) is 0 Å². The first-order chi connectivity index (χ1) is 7.22. The third-order valence-corrected chi connectivity index (χ3v) is 2.02. The van der Waals surface area contributed by atoms with Crippen LogP contribution < -0.4 is 0 Å². The third-order valence-electron chi connectivity index (χ3n) is 2.02. The van der Waals surface area contributed by atoms with E-state index in [-0.39, 0.29) is 5.69 Å². The maximum atomic E-state index is 11.3. The number of esters is 1. The summed E-state index contributed by atoms with van der Waals surface area (Å²) in [5, 5.41) is 0. The first-order valence-electron chi connectivity index (χ1n) is 4.41. The number of carbonyl (C=O) groups excluding carboxylic acids is 1. The maximum absolute atomic E-state index is 11.3. The number of furan rings is 1. The lowest BCUT2D eigenvalue weighted by atomic mass is 10.3. The van der Waals surface area contributed by atoms with E-state index in [2.05, 4.69) is 14.7 Å². The molecule has 0 aliphatic rings. The van der Waals surface area contributed by atoms with Crippen molar-refractivity contribution in [2.24, 2.45) is 0 Å². The van der Waals surface area contributed by atoms with E-state index >= 15 is 0 Å². The highest BCUT2D eigenvalue weighted by atomic mass is 16.5. The van der Waals surface area contributed by atoms with E-state index in [1.807, 2.05) is 0 Å². The van der Waals surface area contributed by atoms with E-state index in [4.69, 9.17) is 4.42 Å². The molecular formula is C10H10N2O3. The van der Waals surface area contributed by atoms with Crippen LogP contribution in [0.3, 0.4) is 0 Å². The molecule has 0 fully saturated rings. The van der Waals surface area contributed by atoms with Gasteiger partial charge in [0, 0.05) is 5.69 Å². The Morgan fingerprint density at radius 3 is 3.00 bits per heavy atom. The van der Waals surface area contributed by atoms with Crippen LogP contribution in [-0.2, 0) is 4.74 Å². The monoisotopic (exact) mass is 206 g/mol. The summed E-state index contributed by atoms with van der Waals surface area (Å²) in [7, 11) is 1.32. The van der Waals surface area contributed by atoms with E-state index in [1.54, 1.807) is 25.3 Å². The summed E-state index contributed by atoms with van der Waals surface area (Å²) >= 11 is 0. The molecule has 0 spiro atoms. The molecule has 1 N–H and O–H groups in total. The van der Waals surface area contributed by atoms with Gasteiger partial charge in [-0.15, -0.1) is 0 Å². The molecule has 78 valence electrons. The van der Waals surface area contributed by atoms with Gasteiger partial charge < -0.3 is 14.1 Å². The van der Waals surface area contributed by atoms with Gasteiger partial charge in [0.25, 0.3) is 0 Å². The summed E-state index contributed by atoms with van der Waals surface area (Å²) in [5.41, 5.74) is 0.942. The van der Waals surface area contributed by atoms with Crippen molar-refractivity contribution in [3.63, 3.8) is 0 Å². The Balaban J connectivity index is 2.41. The third kappa shape index (κ3) is 1.63. The van der Waals surface area contributed by atoms with Gasteiger partial charge in [-0.2, -0.15) is 0 Å². The van der Waals surface area contributed by atoms with Crippen LogP contribution in [0.2, 0.25) is 0 Å². The summed E-state index contributed by atoms with van der Waals surface area (Å²) in [6.07, 6.45) is 1.55. The molecule has 0 saturated carbocycles. The van der Waals surface area contributed by atoms with Gasteiger partial charge in [-0.05, 0) is 19.1 Å². The Morgan fingerprint density at radius 1 is 1.60 bits per heavy atom. The second kappa shape index (κ2) is 3.61. The molecule has 2 rings (SSSR count). The van der Waals surface area contributed by atoms with Crippen molar-refractivity contribution >= 4 is 5.97 Å². The standard InChI is InChI=1S/C10H10N2O3/c1-6-8(10(13)14-2)12-9(11-6)7-4-3-5-15-7/h3-5H,1-2H3,(H,11,12). The van der Waals surface area contributed by atoms with Crippen molar-refractivity contribution in [1.29, 1.82) is 0 Å². The van der Waals surface area contributed by atoms with Crippen molar-refractivity contribution in [2.75, 3.05) is 7.11 Å². The maximum Gasteiger partial charge on any atom is 0.358 e. The highest BCUT2D eigenvalue weighted by Crippen LogP contribution is 2.18. The average molecular weight is 206 g/mol. The predicted molar refractivity (Wildman–Crippen MR) is 52.4 cm³/mol. The molecule has 0 unspecified atom stereocenters. The van der Waals surface area contributed by atoms with Crippen LogP contribution in [0.4, 0.5) is 0 Å². The topological polar surface area (TPSA) is 68.1 Å². The van der Waals surface area contributed by atoms with E-state index in [0.29, 0.717) is 17.3 Å². The normalized spacial score (nSPS) is 10.3. The fourth-order valence-electron chi connectivity index (χ4n) is 1.29. The zero-order chi connectivity index (χ0) is 10.8. The largest absolute Gasteiger partial charge is 0.464 e. The van der Waals surface area contributed by atoms with Gasteiger partial charge in [0.15, 0.2) is 17.3 Å². The quantitative estimate of drug-likeness (QED) is 0.760. The lowest BCUT2D eigenvalue weighted by molar-refractivity contribution is 0.0594. The summed E-state index contributed by atoms with van der Waals surface area (Å²) in [6.45, 7) is 1.76. The molecule has 0 aliphatic carbocycles. The molecule has 5 heteroatoms. The Labute approximate surface area is 86.1 Å². The predicted octanol–water partition coefficient (Wildman–Crippen LogP) is 1.76. The highest BCUT2D eigenvalue weighted by molar-refractivity contribution is 5.89. The molecule has 15 heavy (non-hydrogen) atoms. The number of aromatic nitrogens is 2. The molecule has 2 aromatic rings. The van der Waals surface area contributed by atoms with Crippen LogP contribution in [0.5, 0.6) is 0 Å². The summed E-state index contributed by atoms with van der Waals surface area (Å²) in [5.74, 6) is 0.660. The van der Waals surface area contributed by atoms with Gasteiger partial charge in [0.1, 0.15) is 0 Å². The summed E-state index contributed by atoms with van der Waals surface area (Å²) < 4.78 is 9.75. The fourth-order valence-corrected chi connectivity index (χ4v) is 1.29. The van der Waals surface area contributed by atoms with Crippen molar-refractivity contribution in [3.8, 4) is 11.6 Å². The number of aryl methyl sites for hydroxylation is 1. The van der Waals surface area contributed by atoms with Crippen LogP contribution in [0, 0.1) is 6.92 Å². The molecule has 0 saturated heterocycles. The number of ether oxygens (including phenoxy) is 1. The molecule has 0 bridgehead atoms. The van der Waals surface area contributed by atoms with Gasteiger partial charge in [0.2, 0.25) is 0 Å². The molecule has 0 aromatic carbocycles. The minimum absolute atomic E-state index is 0.281. The molecule has 5 nitrogen and oxygen atoms in total. The van der Waals surface area contributed by atoms with Crippen LogP contribution in [0.15, 0.2) is 22.8 Å². The van der Waals surface area contributed by atoms with Gasteiger partial charge in [0.05, 0.1) is 13.4 Å². The molecule has 0 amide bonds. The second-order valence-corrected chi connectivity index (χ2v) is 3.03. The number of aromatic amines is 1. The molecule has 0 atom stereocenters. The Hall–Kier alpha value is -2.04. The van der Waals surface area contributed by atoms with Gasteiger partial charge in [-0.3, -0.25) is 0 Å². The summed E-state index contributed by atoms with van der Waals surface area (Å²) in [6, 6.07) is 3.52. The number of carbonyl (C=O) groups is 1. The average Bonchev–Trinajstić information content (AvgIpc) is 2.84. The van der Waals surface area contributed by atoms with E-state index in [1.165, 1.54) is 7.11 Å². The zero-order valence-corrected chi connectivity index (χ0v) is 8.40. The Kier molecular flexibility index (Phi) is 2.29. The lowest BCUT2D eigenvalue weighted by Gasteiger charge is -1.93. The number of imidazole rings is 1. The minimum Gasteiger partial charge on any atom is -0.464 e. The first-order valence-corrected chi connectivity index (χ1v) is 4.41. The lowest BCUT2D eigenvalue weighted by Crippen LogP contribution is -2.03. The number of methoxy groups -OCH3 is 1.